The zero-order valence-corrected chi connectivity index (χ0v) is 12.3. The van der Waals surface area contributed by atoms with Crippen LogP contribution in [0.15, 0.2) is 46.5 Å². The van der Waals surface area contributed by atoms with Crippen molar-refractivity contribution in [3.63, 3.8) is 0 Å². The van der Waals surface area contributed by atoms with Crippen molar-refractivity contribution in [2.75, 3.05) is 0 Å². The molecule has 0 aliphatic rings. The van der Waals surface area contributed by atoms with Crippen molar-refractivity contribution in [1.29, 1.82) is 0 Å². The predicted molar refractivity (Wildman–Crippen MR) is 81.9 cm³/mol. The third kappa shape index (κ3) is 3.06. The Hall–Kier alpha value is -2.49. The fraction of sp³-hybridized carbons (Fsp3) is 0.0769. The molecular weight excluding hydrogens is 306 g/mol. The van der Waals surface area contributed by atoms with E-state index in [1.807, 2.05) is 0 Å². The molecule has 1 heterocycles. The molecule has 0 saturated heterocycles. The molecule has 1 aromatic carbocycles. The maximum absolute atomic E-state index is 11.8. The van der Waals surface area contributed by atoms with Gasteiger partial charge in [0.2, 0.25) is 10.0 Å². The minimum absolute atomic E-state index is 0.114. The molecule has 0 aliphatic heterocycles. The second-order valence-electron chi connectivity index (χ2n) is 4.43. The van der Waals surface area contributed by atoms with E-state index in [0.29, 0.717) is 16.8 Å². The quantitative estimate of drug-likeness (QED) is 0.256. The van der Waals surface area contributed by atoms with Gasteiger partial charge in [-0.2, -0.15) is 5.10 Å². The number of sulfonamides is 1. The first-order valence-corrected chi connectivity index (χ1v) is 7.68. The van der Waals surface area contributed by atoms with Crippen LogP contribution in [-0.2, 0) is 16.6 Å². The van der Waals surface area contributed by atoms with Gasteiger partial charge in [-0.3, -0.25) is 4.98 Å². The lowest BCUT2D eigenvalue weighted by molar-refractivity contribution is 0.277. The van der Waals surface area contributed by atoms with Gasteiger partial charge < -0.3 is 16.7 Å². The molecule has 2 aromatic rings. The molecule has 22 heavy (non-hydrogen) atoms. The Morgan fingerprint density at radius 3 is 2.64 bits per heavy atom. The number of hydrogen-bond acceptors (Lipinski definition) is 6. The summed E-state index contributed by atoms with van der Waals surface area (Å²) in [5, 5.41) is 17.8. The fourth-order valence-electron chi connectivity index (χ4n) is 2.07. The first-order chi connectivity index (χ1) is 10.4. The minimum Gasteiger partial charge on any atom is -0.390 e. The molecule has 0 aliphatic carbocycles. The third-order valence-corrected chi connectivity index (χ3v) is 3.97. The van der Waals surface area contributed by atoms with E-state index in [1.54, 1.807) is 18.2 Å². The highest BCUT2D eigenvalue weighted by atomic mass is 32.2. The molecule has 0 atom stereocenters. The number of aliphatic hydroxyl groups excluding tert-OH is 1. The van der Waals surface area contributed by atoms with Crippen molar-refractivity contribution in [3.05, 3.63) is 47.8 Å². The predicted octanol–water partition coefficient (Wildman–Crippen LogP) is -0.533. The van der Waals surface area contributed by atoms with Crippen LogP contribution in [0.25, 0.3) is 11.1 Å². The van der Waals surface area contributed by atoms with Gasteiger partial charge in [0.25, 0.3) is 0 Å². The number of aromatic nitrogens is 1. The Morgan fingerprint density at radius 2 is 2.05 bits per heavy atom. The van der Waals surface area contributed by atoms with Gasteiger partial charge in [-0.15, -0.1) is 0 Å². The number of aliphatic hydroxyl groups is 1. The zero-order valence-electron chi connectivity index (χ0n) is 11.5. The number of hydrogen-bond donors (Lipinski definition) is 4. The average molecular weight is 321 g/mol. The lowest BCUT2D eigenvalue weighted by Crippen LogP contribution is -2.23. The summed E-state index contributed by atoms with van der Waals surface area (Å²) in [4.78, 5) is 3.79. The van der Waals surface area contributed by atoms with Gasteiger partial charge in [-0.25, -0.2) is 13.6 Å². The number of nitrogens with zero attached hydrogens (tertiary/aromatic N) is 2. The summed E-state index contributed by atoms with van der Waals surface area (Å²) in [6.45, 7) is -0.251. The molecule has 0 amide bonds. The number of nitrogens with two attached hydrogens (primary N) is 3. The van der Waals surface area contributed by atoms with E-state index in [-0.39, 0.29) is 22.9 Å². The van der Waals surface area contributed by atoms with E-state index in [2.05, 4.69) is 10.1 Å². The van der Waals surface area contributed by atoms with E-state index in [4.69, 9.17) is 16.7 Å². The normalized spacial score (nSPS) is 12.4. The Balaban J connectivity index is 2.81. The smallest absolute Gasteiger partial charge is 0.238 e. The monoisotopic (exact) mass is 321 g/mol. The maximum Gasteiger partial charge on any atom is 0.238 e. The van der Waals surface area contributed by atoms with Crippen molar-refractivity contribution < 1.29 is 13.5 Å². The largest absolute Gasteiger partial charge is 0.390 e. The number of hydrazone groups is 1. The number of rotatable bonds is 4. The molecule has 1 aromatic heterocycles. The lowest BCUT2D eigenvalue weighted by Gasteiger charge is -2.13. The maximum atomic E-state index is 11.8. The molecule has 7 N–H and O–H groups in total. The zero-order chi connectivity index (χ0) is 16.3. The van der Waals surface area contributed by atoms with Crippen LogP contribution >= 0.6 is 0 Å². The molecule has 0 spiro atoms. The summed E-state index contributed by atoms with van der Waals surface area (Å²) in [5.74, 6) is 5.03. The molecule has 8 nitrogen and oxygen atoms in total. The second kappa shape index (κ2) is 6.10. The van der Waals surface area contributed by atoms with Crippen LogP contribution in [0.4, 0.5) is 0 Å². The Labute approximate surface area is 127 Å². The minimum atomic E-state index is -4.02. The van der Waals surface area contributed by atoms with Crippen molar-refractivity contribution in [2.24, 2.45) is 21.8 Å². The first kappa shape index (κ1) is 15.9. The summed E-state index contributed by atoms with van der Waals surface area (Å²) in [6.07, 6.45) is 1.49. The summed E-state index contributed by atoms with van der Waals surface area (Å²) in [7, 11) is -4.02. The number of primary sulfonamides is 1. The summed E-state index contributed by atoms with van der Waals surface area (Å²) >= 11 is 0. The molecule has 116 valence electrons. The van der Waals surface area contributed by atoms with Crippen molar-refractivity contribution in [2.45, 2.75) is 11.5 Å². The SMILES string of the molecule is NN=C(N)c1c(-c2ccnc(CO)c2)cccc1S(N)(=O)=O. The molecule has 0 radical (unpaired) electrons. The molecule has 0 saturated carbocycles. The third-order valence-electron chi connectivity index (χ3n) is 3.02. The van der Waals surface area contributed by atoms with E-state index in [9.17, 15) is 13.5 Å². The van der Waals surface area contributed by atoms with Crippen LogP contribution < -0.4 is 16.7 Å². The fourth-order valence-corrected chi connectivity index (χ4v) is 2.84. The van der Waals surface area contributed by atoms with Crippen LogP contribution in [0.1, 0.15) is 11.3 Å². The van der Waals surface area contributed by atoms with Gasteiger partial charge in [0.15, 0.2) is 5.84 Å². The summed E-state index contributed by atoms with van der Waals surface area (Å²) in [5.41, 5.74) is 7.35. The van der Waals surface area contributed by atoms with E-state index in [1.165, 1.54) is 18.3 Å². The van der Waals surface area contributed by atoms with Crippen molar-refractivity contribution in [1.82, 2.24) is 4.98 Å². The van der Waals surface area contributed by atoms with Gasteiger partial charge in [0.1, 0.15) is 0 Å². The van der Waals surface area contributed by atoms with Crippen molar-refractivity contribution in [3.8, 4) is 11.1 Å². The van der Waals surface area contributed by atoms with E-state index >= 15 is 0 Å². The molecule has 9 heteroatoms. The summed E-state index contributed by atoms with van der Waals surface area (Å²) in [6, 6.07) is 7.75. The molecule has 2 rings (SSSR count). The topological polar surface area (TPSA) is 158 Å². The second-order valence-corrected chi connectivity index (χ2v) is 5.96. The van der Waals surface area contributed by atoms with Crippen LogP contribution in [0.3, 0.4) is 0 Å². The Kier molecular flexibility index (Phi) is 4.40. The summed E-state index contributed by atoms with van der Waals surface area (Å²) < 4.78 is 23.5. The van der Waals surface area contributed by atoms with Crippen molar-refractivity contribution >= 4 is 15.9 Å². The highest BCUT2D eigenvalue weighted by Gasteiger charge is 2.21. The van der Waals surface area contributed by atoms with Gasteiger partial charge >= 0.3 is 0 Å². The average Bonchev–Trinajstić information content (AvgIpc) is 2.52. The van der Waals surface area contributed by atoms with Crippen LogP contribution in [-0.4, -0.2) is 24.3 Å². The Bertz CT molecular complexity index is 833. The Morgan fingerprint density at radius 1 is 1.32 bits per heavy atom. The highest BCUT2D eigenvalue weighted by molar-refractivity contribution is 7.89. The van der Waals surface area contributed by atoms with Gasteiger partial charge in [-0.1, -0.05) is 12.1 Å². The molecular formula is C13H15N5O3S. The van der Waals surface area contributed by atoms with Crippen LogP contribution in [0, 0.1) is 0 Å². The van der Waals surface area contributed by atoms with E-state index < -0.39 is 10.0 Å². The number of benzene rings is 1. The van der Waals surface area contributed by atoms with E-state index in [0.717, 1.165) is 0 Å². The van der Waals surface area contributed by atoms with Crippen LogP contribution in [0.5, 0.6) is 0 Å². The van der Waals surface area contributed by atoms with Gasteiger partial charge in [0.05, 0.1) is 17.2 Å². The number of pyridine rings is 1. The lowest BCUT2D eigenvalue weighted by atomic mass is 9.99. The van der Waals surface area contributed by atoms with Gasteiger partial charge in [-0.05, 0) is 29.3 Å². The molecule has 0 unspecified atom stereocenters. The molecule has 0 fully saturated rings. The molecule has 0 bridgehead atoms. The number of amidine groups is 1. The van der Waals surface area contributed by atoms with Gasteiger partial charge in [0, 0.05) is 11.8 Å². The standard InChI is InChI=1S/C13H15N5O3S/c14-13(18-15)12-10(2-1-3-11(12)22(16,20)21)8-4-5-17-9(6-8)7-19/h1-6,19H,7,15H2,(H2,14,18)(H2,16,20,21). The van der Waals surface area contributed by atoms with Crippen LogP contribution in [0.2, 0.25) is 0 Å². The highest BCUT2D eigenvalue weighted by Crippen LogP contribution is 2.28. The first-order valence-electron chi connectivity index (χ1n) is 6.14.